The number of nitrogens with zero attached hydrogens (tertiary/aromatic N) is 1. The van der Waals surface area contributed by atoms with Gasteiger partial charge in [0.2, 0.25) is 0 Å². The lowest BCUT2D eigenvalue weighted by Crippen LogP contribution is -2.43. The number of H-pyrrole nitrogens is 1. The molecule has 1 aliphatic heterocycles. The molecule has 3 rings (SSSR count). The number of benzene rings is 1. The van der Waals surface area contributed by atoms with E-state index in [1.807, 2.05) is 13.0 Å². The lowest BCUT2D eigenvalue weighted by atomic mass is 10.0. The van der Waals surface area contributed by atoms with Crippen LogP contribution in [0.1, 0.15) is 24.6 Å². The van der Waals surface area contributed by atoms with Crippen LogP contribution in [0.2, 0.25) is 0 Å². The highest BCUT2D eigenvalue weighted by Gasteiger charge is 2.29. The molecule has 2 aromatic rings. The molecule has 0 bridgehead atoms. The molecule has 0 fully saturated rings. The molecule has 1 unspecified atom stereocenters. The predicted molar refractivity (Wildman–Crippen MR) is 81.8 cm³/mol. The fourth-order valence-corrected chi connectivity index (χ4v) is 3.42. The minimum atomic E-state index is -0.725. The van der Waals surface area contributed by atoms with Crippen LogP contribution >= 0.6 is 15.9 Å². The zero-order valence-corrected chi connectivity index (χ0v) is 12.9. The van der Waals surface area contributed by atoms with E-state index in [0.29, 0.717) is 13.0 Å². The lowest BCUT2D eigenvalue weighted by molar-refractivity contribution is -0.143. The standard InChI is InChI=1S/C15H17BrN2O2/c1-2-14(15(19)20)18-6-5-13-11(8-18)10-7-9(16)3-4-12(10)17-13/h3-4,7,14,17H,2,5-6,8H2,1H3,(H,19,20). The van der Waals surface area contributed by atoms with Gasteiger partial charge in [-0.15, -0.1) is 0 Å². The summed E-state index contributed by atoms with van der Waals surface area (Å²) in [6.45, 7) is 3.43. The highest BCUT2D eigenvalue weighted by molar-refractivity contribution is 9.10. The number of hydrogen-bond acceptors (Lipinski definition) is 2. The SMILES string of the molecule is CCC(C(=O)O)N1CCc2[nH]c3ccc(Br)cc3c2C1. The molecule has 2 N–H and O–H groups in total. The van der Waals surface area contributed by atoms with E-state index >= 15 is 0 Å². The van der Waals surface area contributed by atoms with E-state index in [-0.39, 0.29) is 6.04 Å². The van der Waals surface area contributed by atoms with Crippen molar-refractivity contribution in [2.45, 2.75) is 32.4 Å². The summed E-state index contributed by atoms with van der Waals surface area (Å²) in [6, 6.07) is 5.81. The number of aromatic amines is 1. The monoisotopic (exact) mass is 336 g/mol. The normalized spacial score (nSPS) is 17.1. The summed E-state index contributed by atoms with van der Waals surface area (Å²) in [6.07, 6.45) is 1.52. The highest BCUT2D eigenvalue weighted by Crippen LogP contribution is 2.30. The van der Waals surface area contributed by atoms with Crippen molar-refractivity contribution in [2.75, 3.05) is 6.54 Å². The molecule has 0 radical (unpaired) electrons. The molecular formula is C15H17BrN2O2. The first-order valence-electron chi connectivity index (χ1n) is 6.86. The number of fused-ring (bicyclic) bond motifs is 3. The van der Waals surface area contributed by atoms with Crippen LogP contribution in [0.5, 0.6) is 0 Å². The third-order valence-electron chi connectivity index (χ3n) is 4.08. The second-order valence-corrected chi connectivity index (χ2v) is 6.17. The zero-order chi connectivity index (χ0) is 14.3. The topological polar surface area (TPSA) is 56.3 Å². The van der Waals surface area contributed by atoms with Gasteiger partial charge in [0, 0.05) is 40.6 Å². The zero-order valence-electron chi connectivity index (χ0n) is 11.3. The molecule has 2 heterocycles. The van der Waals surface area contributed by atoms with Crippen molar-refractivity contribution in [1.82, 2.24) is 9.88 Å². The van der Waals surface area contributed by atoms with Gasteiger partial charge in [0.25, 0.3) is 0 Å². The average molecular weight is 337 g/mol. The number of rotatable bonds is 3. The molecular weight excluding hydrogens is 320 g/mol. The summed E-state index contributed by atoms with van der Waals surface area (Å²) in [4.78, 5) is 16.9. The van der Waals surface area contributed by atoms with E-state index in [1.54, 1.807) is 0 Å². The third kappa shape index (κ3) is 2.25. The minimum absolute atomic E-state index is 0.389. The van der Waals surface area contributed by atoms with Crippen molar-refractivity contribution in [2.24, 2.45) is 0 Å². The molecule has 0 saturated carbocycles. The number of hydrogen-bond donors (Lipinski definition) is 2. The van der Waals surface area contributed by atoms with Crippen LogP contribution in [0.4, 0.5) is 0 Å². The Morgan fingerprint density at radius 3 is 3.05 bits per heavy atom. The Morgan fingerprint density at radius 2 is 2.35 bits per heavy atom. The molecule has 0 amide bonds. The van der Waals surface area contributed by atoms with Crippen molar-refractivity contribution in [3.8, 4) is 0 Å². The first-order chi connectivity index (χ1) is 9.60. The van der Waals surface area contributed by atoms with Gasteiger partial charge in [-0.1, -0.05) is 22.9 Å². The first kappa shape index (κ1) is 13.6. The fraction of sp³-hybridized carbons (Fsp3) is 0.400. The largest absolute Gasteiger partial charge is 0.480 e. The maximum atomic E-state index is 11.3. The van der Waals surface area contributed by atoms with Gasteiger partial charge in [-0.3, -0.25) is 9.69 Å². The summed E-state index contributed by atoms with van der Waals surface area (Å²) >= 11 is 3.50. The number of halogens is 1. The van der Waals surface area contributed by atoms with Gasteiger partial charge < -0.3 is 10.1 Å². The predicted octanol–water partition coefficient (Wildman–Crippen LogP) is 3.15. The Kier molecular flexibility index (Phi) is 3.56. The summed E-state index contributed by atoms with van der Waals surface area (Å²) in [5.74, 6) is -0.725. The third-order valence-corrected chi connectivity index (χ3v) is 4.57. The Labute approximate surface area is 125 Å². The minimum Gasteiger partial charge on any atom is -0.480 e. The van der Waals surface area contributed by atoms with Crippen molar-refractivity contribution in [1.29, 1.82) is 0 Å². The smallest absolute Gasteiger partial charge is 0.320 e. The number of carboxylic acids is 1. The molecule has 20 heavy (non-hydrogen) atoms. The summed E-state index contributed by atoms with van der Waals surface area (Å²) in [5.41, 5.74) is 3.62. The van der Waals surface area contributed by atoms with Crippen LogP contribution in [0.15, 0.2) is 22.7 Å². The van der Waals surface area contributed by atoms with Gasteiger partial charge in [-0.2, -0.15) is 0 Å². The quantitative estimate of drug-likeness (QED) is 0.905. The maximum absolute atomic E-state index is 11.3. The van der Waals surface area contributed by atoms with Crippen molar-refractivity contribution < 1.29 is 9.90 Å². The molecule has 1 aromatic heterocycles. The van der Waals surface area contributed by atoms with Crippen LogP contribution in [-0.2, 0) is 17.8 Å². The van der Waals surface area contributed by atoms with Crippen molar-refractivity contribution in [3.63, 3.8) is 0 Å². The summed E-state index contributed by atoms with van der Waals surface area (Å²) in [7, 11) is 0. The first-order valence-corrected chi connectivity index (χ1v) is 7.65. The molecule has 4 nitrogen and oxygen atoms in total. The van der Waals surface area contributed by atoms with Gasteiger partial charge >= 0.3 is 5.97 Å². The summed E-state index contributed by atoms with van der Waals surface area (Å²) < 4.78 is 1.05. The second kappa shape index (κ2) is 5.22. The Hall–Kier alpha value is -1.33. The van der Waals surface area contributed by atoms with E-state index in [1.165, 1.54) is 16.6 Å². The average Bonchev–Trinajstić information content (AvgIpc) is 2.77. The van der Waals surface area contributed by atoms with Crippen LogP contribution in [0.25, 0.3) is 10.9 Å². The maximum Gasteiger partial charge on any atom is 0.320 e. The van der Waals surface area contributed by atoms with Gasteiger partial charge in [-0.25, -0.2) is 0 Å². The van der Waals surface area contributed by atoms with Crippen molar-refractivity contribution in [3.05, 3.63) is 33.9 Å². The van der Waals surface area contributed by atoms with E-state index in [2.05, 4.69) is 37.9 Å². The van der Waals surface area contributed by atoms with Gasteiger partial charge in [-0.05, 0) is 30.2 Å². The number of carbonyl (C=O) groups is 1. The second-order valence-electron chi connectivity index (χ2n) is 5.25. The van der Waals surface area contributed by atoms with Crippen LogP contribution in [-0.4, -0.2) is 33.5 Å². The number of aromatic nitrogens is 1. The molecule has 5 heteroatoms. The van der Waals surface area contributed by atoms with Crippen LogP contribution < -0.4 is 0 Å². The molecule has 0 aliphatic carbocycles. The molecule has 1 aliphatic rings. The lowest BCUT2D eigenvalue weighted by Gasteiger charge is -2.31. The molecule has 0 saturated heterocycles. The Morgan fingerprint density at radius 1 is 1.55 bits per heavy atom. The molecule has 1 atom stereocenters. The Bertz CT molecular complexity index is 665. The summed E-state index contributed by atoms with van der Waals surface area (Å²) in [5, 5.41) is 10.5. The number of nitrogens with one attached hydrogen (secondary N) is 1. The molecule has 1 aromatic carbocycles. The van der Waals surface area contributed by atoms with Crippen LogP contribution in [0.3, 0.4) is 0 Å². The van der Waals surface area contributed by atoms with Gasteiger partial charge in [0.15, 0.2) is 0 Å². The van der Waals surface area contributed by atoms with E-state index in [4.69, 9.17) is 0 Å². The van der Waals surface area contributed by atoms with Gasteiger partial charge in [0.1, 0.15) is 6.04 Å². The molecule has 106 valence electrons. The number of carboxylic acid groups (broad SMARTS) is 1. The van der Waals surface area contributed by atoms with Crippen LogP contribution in [0, 0.1) is 0 Å². The van der Waals surface area contributed by atoms with E-state index in [9.17, 15) is 9.90 Å². The fourth-order valence-electron chi connectivity index (χ4n) is 3.06. The van der Waals surface area contributed by atoms with E-state index in [0.717, 1.165) is 23.0 Å². The van der Waals surface area contributed by atoms with Crippen molar-refractivity contribution >= 4 is 32.8 Å². The van der Waals surface area contributed by atoms with Gasteiger partial charge in [0.05, 0.1) is 0 Å². The van der Waals surface area contributed by atoms with E-state index < -0.39 is 5.97 Å². The number of aliphatic carboxylic acids is 1. The Balaban J connectivity index is 1.99. The highest BCUT2D eigenvalue weighted by atomic mass is 79.9. The molecule has 0 spiro atoms.